The fourth-order valence-electron chi connectivity index (χ4n) is 2.11. The number of benzene rings is 1. The number of carbonyl (C=O) groups excluding carboxylic acids is 1. The molecule has 0 atom stereocenters. The molecule has 2 rings (SSSR count). The highest BCUT2D eigenvalue weighted by molar-refractivity contribution is 9.10. The first-order chi connectivity index (χ1) is 8.16. The maximum atomic E-state index is 12.1. The molecule has 0 aliphatic carbocycles. The Morgan fingerprint density at radius 3 is 2.67 bits per heavy atom. The van der Waals surface area contributed by atoms with Crippen molar-refractivity contribution in [2.24, 2.45) is 0 Å². The maximum Gasteiger partial charge on any atom is 0.251 e. The Balaban J connectivity index is 0.00000162. The molecule has 1 aromatic rings. The maximum absolute atomic E-state index is 12.1. The van der Waals surface area contributed by atoms with Crippen LogP contribution in [0.4, 0.5) is 0 Å². The van der Waals surface area contributed by atoms with Crippen LogP contribution in [0, 0.1) is 6.92 Å². The van der Waals surface area contributed by atoms with Gasteiger partial charge in [-0.2, -0.15) is 0 Å². The Morgan fingerprint density at radius 1 is 1.39 bits per heavy atom. The summed E-state index contributed by atoms with van der Waals surface area (Å²) in [5.74, 6) is 0.0434. The highest BCUT2D eigenvalue weighted by Crippen LogP contribution is 2.16. The molecule has 100 valence electrons. The predicted octanol–water partition coefficient (Wildman–Crippen LogP) is 2.66. The molecule has 1 heterocycles. The molecular weight excluding hydrogens is 316 g/mol. The van der Waals surface area contributed by atoms with Crippen LogP contribution in [0.25, 0.3) is 0 Å². The van der Waals surface area contributed by atoms with Gasteiger partial charge in [0.1, 0.15) is 0 Å². The molecular formula is C13H18BrClN2O. The minimum absolute atomic E-state index is 0. The van der Waals surface area contributed by atoms with Gasteiger partial charge in [0, 0.05) is 16.1 Å². The second kappa shape index (κ2) is 7.12. The molecule has 1 aromatic carbocycles. The second-order valence-electron chi connectivity index (χ2n) is 4.46. The number of piperidine rings is 1. The van der Waals surface area contributed by atoms with E-state index in [1.54, 1.807) is 0 Å². The summed E-state index contributed by atoms with van der Waals surface area (Å²) in [4.78, 5) is 12.1. The number of aryl methyl sites for hydroxylation is 1. The van der Waals surface area contributed by atoms with E-state index in [0.29, 0.717) is 6.04 Å². The fourth-order valence-corrected chi connectivity index (χ4v) is 2.59. The Kier molecular flexibility index (Phi) is 6.12. The number of rotatable bonds is 2. The number of nitrogens with one attached hydrogen (secondary N) is 2. The number of carbonyl (C=O) groups is 1. The van der Waals surface area contributed by atoms with Crippen LogP contribution in [0.1, 0.15) is 28.8 Å². The molecule has 0 bridgehead atoms. The average molecular weight is 334 g/mol. The van der Waals surface area contributed by atoms with Gasteiger partial charge in [-0.25, -0.2) is 0 Å². The third-order valence-corrected chi connectivity index (χ3v) is 3.60. The van der Waals surface area contributed by atoms with Crippen molar-refractivity contribution in [3.05, 3.63) is 33.8 Å². The molecule has 1 amide bonds. The number of hydrogen-bond acceptors (Lipinski definition) is 2. The molecule has 0 spiro atoms. The Morgan fingerprint density at radius 2 is 2.06 bits per heavy atom. The van der Waals surface area contributed by atoms with Gasteiger partial charge in [-0.05, 0) is 56.6 Å². The zero-order valence-electron chi connectivity index (χ0n) is 10.3. The minimum Gasteiger partial charge on any atom is -0.349 e. The molecule has 3 nitrogen and oxygen atoms in total. The van der Waals surface area contributed by atoms with Gasteiger partial charge in [-0.1, -0.05) is 15.9 Å². The van der Waals surface area contributed by atoms with Gasteiger partial charge < -0.3 is 10.6 Å². The van der Waals surface area contributed by atoms with Gasteiger partial charge in [0.2, 0.25) is 0 Å². The van der Waals surface area contributed by atoms with Crippen molar-refractivity contribution in [3.8, 4) is 0 Å². The third kappa shape index (κ3) is 3.97. The van der Waals surface area contributed by atoms with E-state index < -0.39 is 0 Å². The molecule has 18 heavy (non-hydrogen) atoms. The van der Waals surface area contributed by atoms with Crippen molar-refractivity contribution in [2.75, 3.05) is 13.1 Å². The van der Waals surface area contributed by atoms with E-state index in [-0.39, 0.29) is 18.3 Å². The lowest BCUT2D eigenvalue weighted by molar-refractivity contribution is 0.0929. The summed E-state index contributed by atoms with van der Waals surface area (Å²) >= 11 is 3.40. The van der Waals surface area contributed by atoms with Crippen molar-refractivity contribution in [1.82, 2.24) is 10.6 Å². The van der Waals surface area contributed by atoms with E-state index in [0.717, 1.165) is 41.5 Å². The monoisotopic (exact) mass is 332 g/mol. The minimum atomic E-state index is 0. The van der Waals surface area contributed by atoms with E-state index in [2.05, 4.69) is 26.6 Å². The Bertz CT molecular complexity index is 419. The van der Waals surface area contributed by atoms with Crippen LogP contribution in [-0.2, 0) is 0 Å². The quantitative estimate of drug-likeness (QED) is 0.873. The van der Waals surface area contributed by atoms with Gasteiger partial charge in [-0.3, -0.25) is 4.79 Å². The molecule has 1 aliphatic rings. The second-order valence-corrected chi connectivity index (χ2v) is 5.37. The summed E-state index contributed by atoms with van der Waals surface area (Å²) < 4.78 is 1.01. The summed E-state index contributed by atoms with van der Waals surface area (Å²) in [5.41, 5.74) is 1.78. The SMILES string of the molecule is Cc1cc(Br)ccc1C(=O)NC1CCNCC1.Cl. The zero-order chi connectivity index (χ0) is 12.3. The molecule has 0 aromatic heterocycles. The Labute approximate surface area is 122 Å². The molecule has 1 fully saturated rings. The molecule has 1 saturated heterocycles. The van der Waals surface area contributed by atoms with E-state index in [4.69, 9.17) is 0 Å². The molecule has 0 saturated carbocycles. The van der Waals surface area contributed by atoms with Crippen LogP contribution in [0.5, 0.6) is 0 Å². The van der Waals surface area contributed by atoms with Gasteiger partial charge in [0.25, 0.3) is 5.91 Å². The fraction of sp³-hybridized carbons (Fsp3) is 0.462. The normalized spacial score (nSPS) is 15.9. The third-order valence-electron chi connectivity index (χ3n) is 3.11. The zero-order valence-corrected chi connectivity index (χ0v) is 12.7. The largest absolute Gasteiger partial charge is 0.349 e. The summed E-state index contributed by atoms with van der Waals surface area (Å²) in [6, 6.07) is 6.06. The molecule has 1 aliphatic heterocycles. The summed E-state index contributed by atoms with van der Waals surface area (Å²) in [6.45, 7) is 3.94. The van der Waals surface area contributed by atoms with Gasteiger partial charge in [0.05, 0.1) is 0 Å². The summed E-state index contributed by atoms with van der Waals surface area (Å²) in [6.07, 6.45) is 2.03. The molecule has 0 unspecified atom stereocenters. The van der Waals surface area contributed by atoms with E-state index >= 15 is 0 Å². The van der Waals surface area contributed by atoms with Crippen molar-refractivity contribution in [1.29, 1.82) is 0 Å². The van der Waals surface area contributed by atoms with E-state index in [1.807, 2.05) is 25.1 Å². The lowest BCUT2D eigenvalue weighted by atomic mass is 10.0. The predicted molar refractivity (Wildman–Crippen MR) is 79.5 cm³/mol. The van der Waals surface area contributed by atoms with Crippen LogP contribution in [0.15, 0.2) is 22.7 Å². The van der Waals surface area contributed by atoms with E-state index in [9.17, 15) is 4.79 Å². The van der Waals surface area contributed by atoms with Crippen LogP contribution >= 0.6 is 28.3 Å². The van der Waals surface area contributed by atoms with Crippen molar-refractivity contribution >= 4 is 34.2 Å². The van der Waals surface area contributed by atoms with Gasteiger partial charge >= 0.3 is 0 Å². The smallest absolute Gasteiger partial charge is 0.251 e. The lowest BCUT2D eigenvalue weighted by Gasteiger charge is -2.24. The summed E-state index contributed by atoms with van der Waals surface area (Å²) in [7, 11) is 0. The summed E-state index contributed by atoms with van der Waals surface area (Å²) in [5, 5.41) is 6.39. The molecule has 2 N–H and O–H groups in total. The number of halogens is 2. The highest BCUT2D eigenvalue weighted by atomic mass is 79.9. The van der Waals surface area contributed by atoms with Crippen molar-refractivity contribution < 1.29 is 4.79 Å². The van der Waals surface area contributed by atoms with Crippen LogP contribution < -0.4 is 10.6 Å². The van der Waals surface area contributed by atoms with E-state index in [1.165, 1.54) is 0 Å². The number of amides is 1. The molecule has 0 radical (unpaired) electrons. The Hall–Kier alpha value is -0.580. The first-order valence-corrected chi connectivity index (χ1v) is 6.74. The van der Waals surface area contributed by atoms with Crippen molar-refractivity contribution in [3.63, 3.8) is 0 Å². The van der Waals surface area contributed by atoms with Crippen molar-refractivity contribution in [2.45, 2.75) is 25.8 Å². The first-order valence-electron chi connectivity index (χ1n) is 5.94. The highest BCUT2D eigenvalue weighted by Gasteiger charge is 2.17. The van der Waals surface area contributed by atoms with Gasteiger partial charge in [0.15, 0.2) is 0 Å². The topological polar surface area (TPSA) is 41.1 Å². The van der Waals surface area contributed by atoms with Gasteiger partial charge in [-0.15, -0.1) is 12.4 Å². The van der Waals surface area contributed by atoms with Crippen LogP contribution in [0.2, 0.25) is 0 Å². The first kappa shape index (κ1) is 15.5. The number of hydrogen-bond donors (Lipinski definition) is 2. The van der Waals surface area contributed by atoms with Crippen LogP contribution in [-0.4, -0.2) is 25.0 Å². The lowest BCUT2D eigenvalue weighted by Crippen LogP contribution is -2.42. The standard InChI is InChI=1S/C13H17BrN2O.ClH/c1-9-8-10(14)2-3-12(9)13(17)16-11-4-6-15-7-5-11;/h2-3,8,11,15H,4-7H2,1H3,(H,16,17);1H. The van der Waals surface area contributed by atoms with Crippen LogP contribution in [0.3, 0.4) is 0 Å². The average Bonchev–Trinajstić information content (AvgIpc) is 2.30. The molecule has 5 heteroatoms.